The molecule has 6 nitrogen and oxygen atoms in total. The van der Waals surface area contributed by atoms with Crippen LogP contribution in [0.4, 0.5) is 11.4 Å². The molecule has 0 aliphatic carbocycles. The minimum atomic E-state index is -0.176. The Labute approximate surface area is 149 Å². The van der Waals surface area contributed by atoms with Crippen LogP contribution < -0.4 is 15.4 Å². The number of oxazole rings is 1. The van der Waals surface area contributed by atoms with Crippen LogP contribution in [0.2, 0.25) is 5.02 Å². The molecule has 0 unspecified atom stereocenters. The molecule has 0 radical (unpaired) electrons. The van der Waals surface area contributed by atoms with Gasteiger partial charge in [0.25, 0.3) is 0 Å². The van der Waals surface area contributed by atoms with Crippen LogP contribution in [0.3, 0.4) is 0 Å². The minimum absolute atomic E-state index is 0.133. The molecular formula is C18H16ClN3O3. The third-order valence-electron chi connectivity index (χ3n) is 3.48. The van der Waals surface area contributed by atoms with Gasteiger partial charge in [-0.1, -0.05) is 11.6 Å². The highest BCUT2D eigenvalue weighted by molar-refractivity contribution is 6.30. The Morgan fingerprint density at radius 3 is 2.64 bits per heavy atom. The smallest absolute Gasteiger partial charge is 0.243 e. The summed E-state index contributed by atoms with van der Waals surface area (Å²) in [6.07, 6.45) is 2.96. The minimum Gasteiger partial charge on any atom is -0.496 e. The summed E-state index contributed by atoms with van der Waals surface area (Å²) >= 11 is 5.83. The van der Waals surface area contributed by atoms with Crippen molar-refractivity contribution in [3.8, 4) is 17.1 Å². The maximum Gasteiger partial charge on any atom is 0.243 e. The fourth-order valence-electron chi connectivity index (χ4n) is 2.28. The molecule has 1 heterocycles. The standard InChI is InChI=1S/C18H16ClN3O3/c1-24-16-8-14(6-7-15(16)17-9-20-11-25-17)22-18(23)10-21-13-4-2-12(19)3-5-13/h2-9,11,21H,10H2,1H3,(H,22,23). The van der Waals surface area contributed by atoms with Crippen molar-refractivity contribution in [3.63, 3.8) is 0 Å². The fraction of sp³-hybridized carbons (Fsp3) is 0.111. The molecule has 0 saturated heterocycles. The number of benzene rings is 2. The number of ether oxygens (including phenoxy) is 1. The first-order chi connectivity index (χ1) is 12.2. The lowest BCUT2D eigenvalue weighted by Crippen LogP contribution is -2.21. The quantitative estimate of drug-likeness (QED) is 0.695. The van der Waals surface area contributed by atoms with E-state index in [1.54, 1.807) is 37.6 Å². The molecule has 0 fully saturated rings. The average molecular weight is 358 g/mol. The van der Waals surface area contributed by atoms with E-state index in [1.807, 2.05) is 18.2 Å². The monoisotopic (exact) mass is 357 g/mol. The number of nitrogens with zero attached hydrogens (tertiary/aromatic N) is 1. The van der Waals surface area contributed by atoms with Crippen LogP contribution >= 0.6 is 11.6 Å². The second kappa shape index (κ2) is 7.72. The molecule has 3 aromatic rings. The molecule has 0 atom stereocenters. The van der Waals surface area contributed by atoms with Crippen LogP contribution in [-0.2, 0) is 4.79 Å². The highest BCUT2D eigenvalue weighted by Crippen LogP contribution is 2.32. The number of carbonyl (C=O) groups excluding carboxylic acids is 1. The molecule has 2 aromatic carbocycles. The van der Waals surface area contributed by atoms with Crippen LogP contribution in [0, 0.1) is 0 Å². The predicted octanol–water partition coefficient (Wildman–Crippen LogP) is 4.05. The van der Waals surface area contributed by atoms with E-state index in [0.29, 0.717) is 22.2 Å². The zero-order valence-corrected chi connectivity index (χ0v) is 14.2. The van der Waals surface area contributed by atoms with Crippen molar-refractivity contribution in [2.24, 2.45) is 0 Å². The lowest BCUT2D eigenvalue weighted by atomic mass is 10.1. The van der Waals surface area contributed by atoms with Crippen LogP contribution in [0.15, 0.2) is 59.5 Å². The van der Waals surface area contributed by atoms with E-state index in [4.69, 9.17) is 20.8 Å². The van der Waals surface area contributed by atoms with Crippen LogP contribution in [0.25, 0.3) is 11.3 Å². The van der Waals surface area contributed by atoms with E-state index in [-0.39, 0.29) is 12.5 Å². The first-order valence-corrected chi connectivity index (χ1v) is 7.89. The Morgan fingerprint density at radius 2 is 1.96 bits per heavy atom. The summed E-state index contributed by atoms with van der Waals surface area (Å²) < 4.78 is 10.6. The normalized spacial score (nSPS) is 10.3. The van der Waals surface area contributed by atoms with Crippen molar-refractivity contribution in [2.75, 3.05) is 24.3 Å². The summed E-state index contributed by atoms with van der Waals surface area (Å²) in [6.45, 7) is 0.133. The molecule has 7 heteroatoms. The SMILES string of the molecule is COc1cc(NC(=O)CNc2ccc(Cl)cc2)ccc1-c1cnco1. The summed E-state index contributed by atoms with van der Waals surface area (Å²) in [5, 5.41) is 6.49. The third kappa shape index (κ3) is 4.30. The first kappa shape index (κ1) is 16.9. The van der Waals surface area contributed by atoms with Gasteiger partial charge < -0.3 is 19.8 Å². The van der Waals surface area contributed by atoms with E-state index in [2.05, 4.69) is 15.6 Å². The Bertz CT molecular complexity index is 849. The molecule has 2 N–H and O–H groups in total. The average Bonchev–Trinajstić information content (AvgIpc) is 3.15. The zero-order chi connectivity index (χ0) is 17.6. The molecule has 3 rings (SSSR count). The highest BCUT2D eigenvalue weighted by atomic mass is 35.5. The second-order valence-corrected chi connectivity index (χ2v) is 5.63. The maximum absolute atomic E-state index is 12.1. The lowest BCUT2D eigenvalue weighted by Gasteiger charge is -2.11. The van der Waals surface area contributed by atoms with Crippen LogP contribution in [0.5, 0.6) is 5.75 Å². The van der Waals surface area contributed by atoms with Crippen LogP contribution in [-0.4, -0.2) is 24.5 Å². The molecule has 0 aliphatic rings. The largest absolute Gasteiger partial charge is 0.496 e. The molecule has 25 heavy (non-hydrogen) atoms. The van der Waals surface area contributed by atoms with Crippen LogP contribution in [0.1, 0.15) is 0 Å². The number of nitrogens with one attached hydrogen (secondary N) is 2. The second-order valence-electron chi connectivity index (χ2n) is 5.19. The van der Waals surface area contributed by atoms with Crippen molar-refractivity contribution >= 4 is 28.9 Å². The number of hydrogen-bond acceptors (Lipinski definition) is 5. The van der Waals surface area contributed by atoms with Gasteiger partial charge in [0.15, 0.2) is 12.2 Å². The Kier molecular flexibility index (Phi) is 5.20. The van der Waals surface area contributed by atoms with E-state index < -0.39 is 0 Å². The summed E-state index contributed by atoms with van der Waals surface area (Å²) in [7, 11) is 1.56. The van der Waals surface area contributed by atoms with Gasteiger partial charge in [0, 0.05) is 22.5 Å². The number of rotatable bonds is 6. The highest BCUT2D eigenvalue weighted by Gasteiger charge is 2.11. The number of anilines is 2. The van der Waals surface area contributed by atoms with E-state index in [1.165, 1.54) is 6.39 Å². The summed E-state index contributed by atoms with van der Waals surface area (Å²) in [4.78, 5) is 16.0. The Hall–Kier alpha value is -2.99. The number of amides is 1. The van der Waals surface area contributed by atoms with Gasteiger partial charge in [0.05, 0.1) is 25.4 Å². The van der Waals surface area contributed by atoms with Gasteiger partial charge in [-0.25, -0.2) is 4.98 Å². The number of aromatic nitrogens is 1. The van der Waals surface area contributed by atoms with Crippen molar-refractivity contribution in [1.29, 1.82) is 0 Å². The van der Waals surface area contributed by atoms with Crippen molar-refractivity contribution in [2.45, 2.75) is 0 Å². The van der Waals surface area contributed by atoms with E-state index in [0.717, 1.165) is 11.3 Å². The van der Waals surface area contributed by atoms with Crippen molar-refractivity contribution < 1.29 is 13.9 Å². The molecule has 0 bridgehead atoms. The van der Waals surface area contributed by atoms with Gasteiger partial charge in [-0.2, -0.15) is 0 Å². The molecule has 1 aromatic heterocycles. The van der Waals surface area contributed by atoms with E-state index in [9.17, 15) is 4.79 Å². The molecule has 0 aliphatic heterocycles. The van der Waals surface area contributed by atoms with E-state index >= 15 is 0 Å². The lowest BCUT2D eigenvalue weighted by molar-refractivity contribution is -0.114. The predicted molar refractivity (Wildman–Crippen MR) is 97.1 cm³/mol. The number of halogens is 1. The van der Waals surface area contributed by atoms with Gasteiger partial charge in [0.2, 0.25) is 5.91 Å². The third-order valence-corrected chi connectivity index (χ3v) is 3.73. The molecule has 1 amide bonds. The Morgan fingerprint density at radius 1 is 1.20 bits per heavy atom. The maximum atomic E-state index is 12.1. The summed E-state index contributed by atoms with van der Waals surface area (Å²) in [5.74, 6) is 1.00. The number of hydrogen-bond donors (Lipinski definition) is 2. The number of carbonyl (C=O) groups is 1. The summed E-state index contributed by atoms with van der Waals surface area (Å²) in [6, 6.07) is 12.5. The van der Waals surface area contributed by atoms with Gasteiger partial charge in [-0.05, 0) is 36.4 Å². The Balaban J connectivity index is 1.64. The first-order valence-electron chi connectivity index (χ1n) is 7.52. The van der Waals surface area contributed by atoms with Gasteiger partial charge >= 0.3 is 0 Å². The molecular weight excluding hydrogens is 342 g/mol. The van der Waals surface area contributed by atoms with Gasteiger partial charge in [-0.15, -0.1) is 0 Å². The number of methoxy groups -OCH3 is 1. The zero-order valence-electron chi connectivity index (χ0n) is 13.5. The van der Waals surface area contributed by atoms with Crippen molar-refractivity contribution in [3.05, 3.63) is 60.1 Å². The molecule has 0 saturated carbocycles. The van der Waals surface area contributed by atoms with Crippen molar-refractivity contribution in [1.82, 2.24) is 4.98 Å². The summed E-state index contributed by atoms with van der Waals surface area (Å²) in [5.41, 5.74) is 2.21. The van der Waals surface area contributed by atoms with Gasteiger partial charge in [0.1, 0.15) is 5.75 Å². The van der Waals surface area contributed by atoms with Gasteiger partial charge in [-0.3, -0.25) is 4.79 Å². The fourth-order valence-corrected chi connectivity index (χ4v) is 2.40. The molecule has 128 valence electrons. The topological polar surface area (TPSA) is 76.4 Å². The molecule has 0 spiro atoms.